The number of aromatic nitrogens is 1. The molecule has 184 valence electrons. The van der Waals surface area contributed by atoms with Crippen molar-refractivity contribution < 1.29 is 23.1 Å². The van der Waals surface area contributed by atoms with Gasteiger partial charge in [-0.25, -0.2) is 4.98 Å². The first-order chi connectivity index (χ1) is 16.9. The Bertz CT molecular complexity index is 1180. The average molecular weight is 520 g/mol. The zero-order valence-corrected chi connectivity index (χ0v) is 20.3. The van der Waals surface area contributed by atoms with Gasteiger partial charge in [0, 0.05) is 41.5 Å². The van der Waals surface area contributed by atoms with Crippen molar-refractivity contribution in [3.8, 4) is 5.75 Å². The number of hydrogen-bond acceptors (Lipinski definition) is 5. The molecule has 1 fully saturated rings. The molecule has 4 rings (SSSR count). The highest BCUT2D eigenvalue weighted by atomic mass is 35.5. The van der Waals surface area contributed by atoms with Crippen molar-refractivity contribution in [2.75, 3.05) is 13.1 Å². The van der Waals surface area contributed by atoms with Crippen LogP contribution in [-0.2, 0) is 17.8 Å². The van der Waals surface area contributed by atoms with Crippen LogP contribution in [0.15, 0.2) is 53.9 Å². The standard InChI is InChI=1S/C25H24ClF2N3O3S/c26-19-7-3-1-5-17(19)13-22(32)31-11-9-16(10-12-31)24-30-20(15-35-24)23(33)29-14-18-6-2-4-8-21(18)34-25(27)28/h1-8,15-16,25H,9-14H2,(H,29,33). The van der Waals surface area contributed by atoms with Crippen LogP contribution < -0.4 is 10.1 Å². The van der Waals surface area contributed by atoms with Crippen molar-refractivity contribution in [2.24, 2.45) is 0 Å². The van der Waals surface area contributed by atoms with Gasteiger partial charge in [-0.3, -0.25) is 9.59 Å². The van der Waals surface area contributed by atoms with E-state index in [-0.39, 0.29) is 42.1 Å². The van der Waals surface area contributed by atoms with Crippen LogP contribution in [0.5, 0.6) is 5.75 Å². The highest BCUT2D eigenvalue weighted by molar-refractivity contribution is 7.09. The van der Waals surface area contributed by atoms with Gasteiger partial charge >= 0.3 is 6.61 Å². The maximum Gasteiger partial charge on any atom is 0.387 e. The fraction of sp³-hybridized carbons (Fsp3) is 0.320. The Labute approximate surface area is 210 Å². The molecule has 3 aromatic rings. The van der Waals surface area contributed by atoms with Gasteiger partial charge in [0.2, 0.25) is 5.91 Å². The summed E-state index contributed by atoms with van der Waals surface area (Å²) in [4.78, 5) is 31.6. The number of carbonyl (C=O) groups excluding carboxylic acids is 2. The lowest BCUT2D eigenvalue weighted by atomic mass is 9.97. The first kappa shape index (κ1) is 25.1. The van der Waals surface area contributed by atoms with Crippen molar-refractivity contribution in [3.05, 3.63) is 80.8 Å². The minimum atomic E-state index is -2.94. The molecule has 1 aromatic heterocycles. The minimum absolute atomic E-state index is 0.0256. The molecule has 0 atom stereocenters. The zero-order chi connectivity index (χ0) is 24.8. The largest absolute Gasteiger partial charge is 0.434 e. The van der Waals surface area contributed by atoms with Crippen LogP contribution in [0.2, 0.25) is 5.02 Å². The van der Waals surface area contributed by atoms with E-state index in [1.165, 1.54) is 17.4 Å². The molecule has 1 aliphatic rings. The number of para-hydroxylation sites is 1. The molecule has 2 heterocycles. The fourth-order valence-electron chi connectivity index (χ4n) is 4.00. The van der Waals surface area contributed by atoms with Crippen LogP contribution in [0, 0.1) is 0 Å². The summed E-state index contributed by atoms with van der Waals surface area (Å²) in [7, 11) is 0. The maximum absolute atomic E-state index is 12.7. The van der Waals surface area contributed by atoms with Crippen LogP contribution in [0.3, 0.4) is 0 Å². The van der Waals surface area contributed by atoms with Gasteiger partial charge in [-0.15, -0.1) is 11.3 Å². The topological polar surface area (TPSA) is 71.5 Å². The molecule has 0 aliphatic carbocycles. The molecule has 1 saturated heterocycles. The summed E-state index contributed by atoms with van der Waals surface area (Å²) in [6, 6.07) is 13.7. The Balaban J connectivity index is 1.29. The number of alkyl halides is 2. The number of rotatable bonds is 8. The molecule has 2 amide bonds. The van der Waals surface area contributed by atoms with Gasteiger partial charge < -0.3 is 15.0 Å². The predicted molar refractivity (Wildman–Crippen MR) is 130 cm³/mol. The van der Waals surface area contributed by atoms with E-state index in [0.717, 1.165) is 23.4 Å². The summed E-state index contributed by atoms with van der Waals surface area (Å²) in [6.45, 7) is -1.65. The number of hydrogen-bond donors (Lipinski definition) is 1. The number of nitrogens with zero attached hydrogens (tertiary/aromatic N) is 2. The Hall–Kier alpha value is -3.04. The van der Waals surface area contributed by atoms with E-state index in [9.17, 15) is 18.4 Å². The number of halogens is 3. The van der Waals surface area contributed by atoms with Crippen molar-refractivity contribution in [2.45, 2.75) is 38.3 Å². The second-order valence-corrected chi connectivity index (χ2v) is 9.46. The van der Waals surface area contributed by atoms with Gasteiger partial charge in [0.05, 0.1) is 11.4 Å². The van der Waals surface area contributed by atoms with E-state index < -0.39 is 6.61 Å². The van der Waals surface area contributed by atoms with Crippen molar-refractivity contribution in [1.82, 2.24) is 15.2 Å². The van der Waals surface area contributed by atoms with Crippen LogP contribution in [0.1, 0.15) is 45.4 Å². The number of nitrogens with one attached hydrogen (secondary N) is 1. The molecule has 35 heavy (non-hydrogen) atoms. The molecule has 0 bridgehead atoms. The molecular weight excluding hydrogens is 496 g/mol. The predicted octanol–water partition coefficient (Wildman–Crippen LogP) is 5.28. The lowest BCUT2D eigenvalue weighted by molar-refractivity contribution is -0.131. The Morgan fingerprint density at radius 1 is 1.11 bits per heavy atom. The van der Waals surface area contributed by atoms with Crippen LogP contribution in [-0.4, -0.2) is 41.4 Å². The number of thiazole rings is 1. The summed E-state index contributed by atoms with van der Waals surface area (Å²) in [5, 5.41) is 5.86. The zero-order valence-electron chi connectivity index (χ0n) is 18.8. The van der Waals surface area contributed by atoms with Crippen molar-refractivity contribution in [3.63, 3.8) is 0 Å². The van der Waals surface area contributed by atoms with Gasteiger partial charge in [0.15, 0.2) is 0 Å². The highest BCUT2D eigenvalue weighted by Crippen LogP contribution is 2.31. The number of likely N-dealkylation sites (tertiary alicyclic amines) is 1. The molecule has 1 aliphatic heterocycles. The van der Waals surface area contributed by atoms with Crippen LogP contribution in [0.4, 0.5) is 8.78 Å². The molecule has 10 heteroatoms. The van der Waals surface area contributed by atoms with E-state index in [4.69, 9.17) is 11.6 Å². The van der Waals surface area contributed by atoms with E-state index >= 15 is 0 Å². The monoisotopic (exact) mass is 519 g/mol. The lowest BCUT2D eigenvalue weighted by Crippen LogP contribution is -2.38. The molecule has 0 unspecified atom stereocenters. The van der Waals surface area contributed by atoms with E-state index in [2.05, 4.69) is 15.0 Å². The third-order valence-corrected chi connectivity index (χ3v) is 7.26. The summed E-state index contributed by atoms with van der Waals surface area (Å²) in [5.74, 6) is -0.137. The number of piperidine rings is 1. The van der Waals surface area contributed by atoms with Gasteiger partial charge in [-0.05, 0) is 30.5 Å². The molecule has 2 aromatic carbocycles. The SMILES string of the molecule is O=C(NCc1ccccc1OC(F)F)c1csc(C2CCN(C(=O)Cc3ccccc3Cl)CC2)n1. The van der Waals surface area contributed by atoms with Crippen LogP contribution in [0.25, 0.3) is 0 Å². The Morgan fingerprint density at radius 2 is 1.80 bits per heavy atom. The third kappa shape index (κ3) is 6.55. The molecule has 0 saturated carbocycles. The summed E-state index contributed by atoms with van der Waals surface area (Å²) >= 11 is 7.59. The van der Waals surface area contributed by atoms with Crippen molar-refractivity contribution in [1.29, 1.82) is 0 Å². The van der Waals surface area contributed by atoms with Crippen LogP contribution >= 0.6 is 22.9 Å². The summed E-state index contributed by atoms with van der Waals surface area (Å²) in [5.41, 5.74) is 1.56. The Kier molecular flexibility index (Phi) is 8.30. The molecule has 1 N–H and O–H groups in total. The normalized spacial score (nSPS) is 14.2. The first-order valence-electron chi connectivity index (χ1n) is 11.2. The smallest absolute Gasteiger partial charge is 0.387 e. The molecule has 0 radical (unpaired) electrons. The number of amides is 2. The number of carbonyl (C=O) groups is 2. The molecule has 6 nitrogen and oxygen atoms in total. The summed E-state index contributed by atoms with van der Waals surface area (Å²) < 4.78 is 29.7. The quantitative estimate of drug-likeness (QED) is 0.440. The van der Waals surface area contributed by atoms with E-state index in [0.29, 0.717) is 23.7 Å². The van der Waals surface area contributed by atoms with Gasteiger partial charge in [0.1, 0.15) is 11.4 Å². The first-order valence-corrected chi connectivity index (χ1v) is 12.4. The minimum Gasteiger partial charge on any atom is -0.434 e. The summed E-state index contributed by atoms with van der Waals surface area (Å²) in [6.07, 6.45) is 1.81. The fourth-order valence-corrected chi connectivity index (χ4v) is 5.17. The number of ether oxygens (including phenoxy) is 1. The van der Waals surface area contributed by atoms with Gasteiger partial charge in [-0.1, -0.05) is 48.0 Å². The van der Waals surface area contributed by atoms with Gasteiger partial charge in [-0.2, -0.15) is 8.78 Å². The maximum atomic E-state index is 12.7. The van der Waals surface area contributed by atoms with Gasteiger partial charge in [0.25, 0.3) is 5.91 Å². The second-order valence-electron chi connectivity index (χ2n) is 8.16. The molecular formula is C25H24ClF2N3O3S. The molecule has 0 spiro atoms. The second kappa shape index (κ2) is 11.6. The van der Waals surface area contributed by atoms with E-state index in [1.807, 2.05) is 23.1 Å². The van der Waals surface area contributed by atoms with Crippen molar-refractivity contribution >= 4 is 34.8 Å². The average Bonchev–Trinajstić information content (AvgIpc) is 3.35. The third-order valence-electron chi connectivity index (χ3n) is 5.88. The van der Waals surface area contributed by atoms with E-state index in [1.54, 1.807) is 29.6 Å². The lowest BCUT2D eigenvalue weighted by Gasteiger charge is -2.31. The number of benzene rings is 2. The Morgan fingerprint density at radius 3 is 2.51 bits per heavy atom. The highest BCUT2D eigenvalue weighted by Gasteiger charge is 2.26.